The first-order chi connectivity index (χ1) is 9.60. The Hall–Kier alpha value is -1.54. The Kier molecular flexibility index (Phi) is 5.02. The largest absolute Gasteiger partial charge is 0.378 e. The maximum absolute atomic E-state index is 13.6. The zero-order valence-corrected chi connectivity index (χ0v) is 12.5. The lowest BCUT2D eigenvalue weighted by Gasteiger charge is -2.20. The Morgan fingerprint density at radius 2 is 1.85 bits per heavy atom. The lowest BCUT2D eigenvalue weighted by molar-refractivity contribution is 0.617. The molecule has 0 heterocycles. The van der Waals surface area contributed by atoms with Gasteiger partial charge in [0.05, 0.1) is 6.04 Å². The van der Waals surface area contributed by atoms with E-state index in [9.17, 15) is 4.39 Å². The van der Waals surface area contributed by atoms with E-state index in [4.69, 9.17) is 11.6 Å². The highest BCUT2D eigenvalue weighted by Crippen LogP contribution is 2.26. The van der Waals surface area contributed by atoms with E-state index in [2.05, 4.69) is 12.2 Å². The van der Waals surface area contributed by atoms with Crippen LogP contribution in [0.4, 0.5) is 10.1 Å². The van der Waals surface area contributed by atoms with E-state index in [1.165, 1.54) is 0 Å². The van der Waals surface area contributed by atoms with Crippen molar-refractivity contribution in [1.29, 1.82) is 0 Å². The van der Waals surface area contributed by atoms with Gasteiger partial charge in [-0.2, -0.15) is 0 Å². The molecule has 1 nitrogen and oxygen atoms in total. The molecule has 0 aromatic heterocycles. The number of halogens is 2. The average Bonchev–Trinajstić information content (AvgIpc) is 2.43. The zero-order chi connectivity index (χ0) is 14.5. The van der Waals surface area contributed by atoms with Crippen molar-refractivity contribution in [3.63, 3.8) is 0 Å². The number of nitrogens with one attached hydrogen (secondary N) is 1. The first-order valence-electron chi connectivity index (χ1n) is 6.88. The van der Waals surface area contributed by atoms with E-state index in [0.29, 0.717) is 5.56 Å². The molecule has 106 valence electrons. The van der Waals surface area contributed by atoms with Gasteiger partial charge in [0, 0.05) is 10.7 Å². The first kappa shape index (κ1) is 14.9. The lowest BCUT2D eigenvalue weighted by Crippen LogP contribution is -2.10. The molecule has 0 radical (unpaired) electrons. The molecule has 1 atom stereocenters. The molecule has 0 saturated heterocycles. The van der Waals surface area contributed by atoms with Crippen molar-refractivity contribution in [3.05, 3.63) is 64.4 Å². The zero-order valence-electron chi connectivity index (χ0n) is 11.8. The minimum atomic E-state index is -0.179. The second-order valence-electron chi connectivity index (χ2n) is 5.00. The lowest BCUT2D eigenvalue weighted by atomic mass is 10.0. The van der Waals surface area contributed by atoms with Crippen LogP contribution < -0.4 is 5.32 Å². The molecule has 2 rings (SSSR count). The topological polar surface area (TPSA) is 12.0 Å². The molecule has 1 unspecified atom stereocenters. The van der Waals surface area contributed by atoms with Gasteiger partial charge in [-0.05, 0) is 48.7 Å². The molecule has 0 aliphatic carbocycles. The van der Waals surface area contributed by atoms with E-state index < -0.39 is 0 Å². The third-order valence-corrected chi connectivity index (χ3v) is 3.61. The van der Waals surface area contributed by atoms with Crippen molar-refractivity contribution in [1.82, 2.24) is 0 Å². The summed E-state index contributed by atoms with van der Waals surface area (Å²) in [4.78, 5) is 0. The number of hydrogen-bond donors (Lipinski definition) is 1. The third-order valence-electron chi connectivity index (χ3n) is 3.36. The number of anilines is 1. The van der Waals surface area contributed by atoms with Crippen LogP contribution in [0.1, 0.15) is 36.9 Å². The van der Waals surface area contributed by atoms with Crippen molar-refractivity contribution in [2.24, 2.45) is 0 Å². The summed E-state index contributed by atoms with van der Waals surface area (Å²) in [5.41, 5.74) is 2.63. The summed E-state index contributed by atoms with van der Waals surface area (Å²) < 4.78 is 13.6. The van der Waals surface area contributed by atoms with Gasteiger partial charge in [-0.1, -0.05) is 43.1 Å². The summed E-state index contributed by atoms with van der Waals surface area (Å²) in [7, 11) is 0. The highest BCUT2D eigenvalue weighted by atomic mass is 35.5. The molecule has 2 aromatic rings. The van der Waals surface area contributed by atoms with E-state index in [1.54, 1.807) is 19.1 Å². The molecule has 0 aliphatic rings. The van der Waals surface area contributed by atoms with Crippen LogP contribution in [-0.4, -0.2) is 0 Å². The summed E-state index contributed by atoms with van der Waals surface area (Å²) >= 11 is 5.92. The molecule has 0 amide bonds. The molecule has 0 bridgehead atoms. The standard InChI is InChI=1S/C17H19ClFN/c1-3-4-17(13-6-8-14(18)9-7-13)20-15-10-5-12(2)16(19)11-15/h5-11,17,20H,3-4H2,1-2H3. The van der Waals surface area contributed by atoms with Crippen LogP contribution in [0.2, 0.25) is 5.02 Å². The Labute approximate surface area is 124 Å². The number of aryl methyl sites for hydroxylation is 1. The van der Waals surface area contributed by atoms with Crippen molar-refractivity contribution in [3.8, 4) is 0 Å². The van der Waals surface area contributed by atoms with Crippen LogP contribution in [0.15, 0.2) is 42.5 Å². The molecule has 0 aliphatic heterocycles. The Balaban J connectivity index is 2.20. The third kappa shape index (κ3) is 3.73. The highest BCUT2D eigenvalue weighted by molar-refractivity contribution is 6.30. The van der Waals surface area contributed by atoms with Gasteiger partial charge in [0.15, 0.2) is 0 Å². The molecule has 20 heavy (non-hydrogen) atoms. The second kappa shape index (κ2) is 6.76. The summed E-state index contributed by atoms with van der Waals surface area (Å²) in [6.45, 7) is 3.90. The van der Waals surface area contributed by atoms with Crippen LogP contribution in [0.25, 0.3) is 0 Å². The Morgan fingerprint density at radius 3 is 2.45 bits per heavy atom. The number of rotatable bonds is 5. The van der Waals surface area contributed by atoms with E-state index >= 15 is 0 Å². The van der Waals surface area contributed by atoms with E-state index in [1.807, 2.05) is 30.3 Å². The van der Waals surface area contributed by atoms with E-state index in [0.717, 1.165) is 29.1 Å². The predicted octanol–water partition coefficient (Wildman–Crippen LogP) is 5.74. The molecule has 3 heteroatoms. The maximum Gasteiger partial charge on any atom is 0.128 e. The van der Waals surface area contributed by atoms with Crippen molar-refractivity contribution < 1.29 is 4.39 Å². The smallest absolute Gasteiger partial charge is 0.128 e. The van der Waals surface area contributed by atoms with Gasteiger partial charge < -0.3 is 5.32 Å². The Bertz CT molecular complexity index is 566. The van der Waals surface area contributed by atoms with Crippen molar-refractivity contribution in [2.45, 2.75) is 32.7 Å². The summed E-state index contributed by atoms with van der Waals surface area (Å²) in [5, 5.41) is 4.13. The van der Waals surface area contributed by atoms with Crippen molar-refractivity contribution >= 4 is 17.3 Å². The highest BCUT2D eigenvalue weighted by Gasteiger charge is 2.11. The fourth-order valence-electron chi connectivity index (χ4n) is 2.19. The van der Waals surface area contributed by atoms with E-state index in [-0.39, 0.29) is 11.9 Å². The summed E-state index contributed by atoms with van der Waals surface area (Å²) in [5.74, 6) is -0.179. The minimum absolute atomic E-state index is 0.166. The van der Waals surface area contributed by atoms with Gasteiger partial charge in [-0.25, -0.2) is 4.39 Å². The monoisotopic (exact) mass is 291 g/mol. The van der Waals surface area contributed by atoms with Gasteiger partial charge in [-0.3, -0.25) is 0 Å². The van der Waals surface area contributed by atoms with Gasteiger partial charge >= 0.3 is 0 Å². The van der Waals surface area contributed by atoms with Crippen molar-refractivity contribution in [2.75, 3.05) is 5.32 Å². The molecule has 0 spiro atoms. The summed E-state index contributed by atoms with van der Waals surface area (Å²) in [6, 6.07) is 13.2. The van der Waals surface area contributed by atoms with Crippen LogP contribution in [-0.2, 0) is 0 Å². The second-order valence-corrected chi connectivity index (χ2v) is 5.44. The molecule has 0 fully saturated rings. The van der Waals surface area contributed by atoms with Crippen LogP contribution in [0.3, 0.4) is 0 Å². The molecule has 1 N–H and O–H groups in total. The first-order valence-corrected chi connectivity index (χ1v) is 7.26. The van der Waals surface area contributed by atoms with Crippen LogP contribution >= 0.6 is 11.6 Å². The Morgan fingerprint density at radius 1 is 1.15 bits per heavy atom. The van der Waals surface area contributed by atoms with Gasteiger partial charge in [0.2, 0.25) is 0 Å². The summed E-state index contributed by atoms with van der Waals surface area (Å²) in [6.07, 6.45) is 2.03. The SMILES string of the molecule is CCCC(Nc1ccc(C)c(F)c1)c1ccc(Cl)cc1. The molecule has 0 saturated carbocycles. The van der Waals surface area contributed by atoms with Gasteiger partial charge in [0.1, 0.15) is 5.82 Å². The number of benzene rings is 2. The van der Waals surface area contributed by atoms with Crippen LogP contribution in [0, 0.1) is 12.7 Å². The average molecular weight is 292 g/mol. The predicted molar refractivity (Wildman–Crippen MR) is 83.9 cm³/mol. The minimum Gasteiger partial charge on any atom is -0.378 e. The normalized spacial score (nSPS) is 12.2. The molecule has 2 aromatic carbocycles. The maximum atomic E-state index is 13.6. The molecular weight excluding hydrogens is 273 g/mol. The fraction of sp³-hybridized carbons (Fsp3) is 0.294. The quantitative estimate of drug-likeness (QED) is 0.740. The fourth-order valence-corrected chi connectivity index (χ4v) is 2.32. The number of hydrogen-bond acceptors (Lipinski definition) is 1. The van der Waals surface area contributed by atoms with Gasteiger partial charge in [-0.15, -0.1) is 0 Å². The van der Waals surface area contributed by atoms with Crippen LogP contribution in [0.5, 0.6) is 0 Å². The molecular formula is C17H19ClFN. The van der Waals surface area contributed by atoms with Gasteiger partial charge in [0.25, 0.3) is 0 Å².